The first-order chi connectivity index (χ1) is 35.0. The molecule has 0 N–H and O–H groups in total. The summed E-state index contributed by atoms with van der Waals surface area (Å²) in [6, 6.07) is 0. The number of hydrogen-bond donors (Lipinski definition) is 0. The lowest BCUT2D eigenvalue weighted by atomic mass is 10.0. The minimum Gasteiger partial charge on any atom is -0.462 e. The Kier molecular flexibility index (Phi) is 55.9. The van der Waals surface area contributed by atoms with Crippen molar-refractivity contribution in [3.05, 3.63) is 97.2 Å². The average Bonchev–Trinajstić information content (AvgIpc) is 3.37. The van der Waals surface area contributed by atoms with Crippen molar-refractivity contribution in [2.45, 2.75) is 284 Å². The topological polar surface area (TPSA) is 78.9 Å². The number of carbonyl (C=O) groups is 3. The highest BCUT2D eigenvalue weighted by molar-refractivity contribution is 5.71. The Balaban J connectivity index is 4.52. The lowest BCUT2D eigenvalue weighted by Gasteiger charge is -2.18. The van der Waals surface area contributed by atoms with Crippen molar-refractivity contribution in [1.29, 1.82) is 0 Å². The summed E-state index contributed by atoms with van der Waals surface area (Å²) in [5, 5.41) is 0. The van der Waals surface area contributed by atoms with Gasteiger partial charge in [0.15, 0.2) is 6.10 Å². The molecule has 0 aromatic heterocycles. The summed E-state index contributed by atoms with van der Waals surface area (Å²) < 4.78 is 16.8. The number of carbonyl (C=O) groups excluding carboxylic acids is 3. The van der Waals surface area contributed by atoms with Crippen LogP contribution in [0.3, 0.4) is 0 Å². The number of esters is 3. The van der Waals surface area contributed by atoms with E-state index in [0.29, 0.717) is 19.3 Å². The molecule has 1 atom stereocenters. The van der Waals surface area contributed by atoms with Crippen LogP contribution in [0.2, 0.25) is 0 Å². The molecule has 0 radical (unpaired) electrons. The molecule has 6 nitrogen and oxygen atoms in total. The van der Waals surface area contributed by atoms with E-state index in [4.69, 9.17) is 14.2 Å². The highest BCUT2D eigenvalue weighted by Gasteiger charge is 2.19. The number of rotatable bonds is 53. The first-order valence-electron chi connectivity index (χ1n) is 29.7. The van der Waals surface area contributed by atoms with Crippen molar-refractivity contribution in [2.75, 3.05) is 13.2 Å². The van der Waals surface area contributed by atoms with Gasteiger partial charge < -0.3 is 14.2 Å². The largest absolute Gasteiger partial charge is 0.462 e. The van der Waals surface area contributed by atoms with Crippen LogP contribution in [-0.2, 0) is 28.6 Å². The Labute approximate surface area is 438 Å². The van der Waals surface area contributed by atoms with E-state index in [9.17, 15) is 14.4 Å². The Morgan fingerprint density at radius 3 is 0.845 bits per heavy atom. The summed E-state index contributed by atoms with van der Waals surface area (Å²) in [6.07, 6.45) is 78.4. The third-order valence-corrected chi connectivity index (χ3v) is 12.6. The second-order valence-electron chi connectivity index (χ2n) is 19.6. The molecule has 0 aliphatic carbocycles. The van der Waals surface area contributed by atoms with E-state index in [1.54, 1.807) is 0 Å². The maximum absolute atomic E-state index is 12.8. The molecule has 0 saturated heterocycles. The quantitative estimate of drug-likeness (QED) is 0.0261. The second kappa shape index (κ2) is 58.9. The van der Waals surface area contributed by atoms with Gasteiger partial charge in [-0.3, -0.25) is 14.4 Å². The van der Waals surface area contributed by atoms with Gasteiger partial charge in [0, 0.05) is 19.3 Å². The van der Waals surface area contributed by atoms with Gasteiger partial charge in [0.05, 0.1) is 0 Å². The highest BCUT2D eigenvalue weighted by atomic mass is 16.6. The number of hydrogen-bond acceptors (Lipinski definition) is 6. The van der Waals surface area contributed by atoms with Crippen molar-refractivity contribution in [3.63, 3.8) is 0 Å². The van der Waals surface area contributed by atoms with Gasteiger partial charge >= 0.3 is 17.9 Å². The lowest BCUT2D eigenvalue weighted by molar-refractivity contribution is -0.167. The van der Waals surface area contributed by atoms with Gasteiger partial charge in [-0.1, -0.05) is 259 Å². The van der Waals surface area contributed by atoms with E-state index in [1.165, 1.54) is 154 Å². The Hall–Kier alpha value is -3.67. The molecule has 0 amide bonds. The zero-order valence-electron chi connectivity index (χ0n) is 46.5. The molecule has 6 heteroatoms. The predicted octanol–water partition coefficient (Wildman–Crippen LogP) is 20.1. The fraction of sp³-hybridized carbons (Fsp3) is 0.708. The van der Waals surface area contributed by atoms with E-state index in [2.05, 4.69) is 118 Å². The van der Waals surface area contributed by atoms with Gasteiger partial charge in [-0.15, -0.1) is 0 Å². The third-order valence-electron chi connectivity index (χ3n) is 12.6. The van der Waals surface area contributed by atoms with E-state index in [1.807, 2.05) is 0 Å². The summed E-state index contributed by atoms with van der Waals surface area (Å²) in [4.78, 5) is 38.2. The van der Waals surface area contributed by atoms with Crippen LogP contribution in [0.15, 0.2) is 97.2 Å². The molecule has 0 bridgehead atoms. The van der Waals surface area contributed by atoms with E-state index < -0.39 is 6.10 Å². The number of allylic oxidation sites excluding steroid dienone is 16. The summed E-state index contributed by atoms with van der Waals surface area (Å²) in [7, 11) is 0. The molecule has 0 fully saturated rings. The predicted molar refractivity (Wildman–Crippen MR) is 307 cm³/mol. The molecule has 0 aliphatic rings. The molecule has 0 saturated carbocycles. The fourth-order valence-electron chi connectivity index (χ4n) is 8.08. The zero-order chi connectivity index (χ0) is 51.4. The van der Waals surface area contributed by atoms with Crippen molar-refractivity contribution >= 4 is 17.9 Å². The first-order valence-corrected chi connectivity index (χ1v) is 29.7. The molecular formula is C65H110O6. The van der Waals surface area contributed by atoms with Gasteiger partial charge in [0.1, 0.15) is 13.2 Å². The minimum absolute atomic E-state index is 0.115. The Morgan fingerprint density at radius 2 is 0.521 bits per heavy atom. The van der Waals surface area contributed by atoms with Crippen LogP contribution in [0.1, 0.15) is 278 Å². The van der Waals surface area contributed by atoms with Crippen LogP contribution in [0.4, 0.5) is 0 Å². The summed E-state index contributed by atoms with van der Waals surface area (Å²) >= 11 is 0. The van der Waals surface area contributed by atoms with Crippen molar-refractivity contribution in [3.8, 4) is 0 Å². The summed E-state index contributed by atoms with van der Waals surface area (Å²) in [6.45, 7) is 6.51. The molecule has 0 aromatic rings. The number of ether oxygens (including phenoxy) is 3. The van der Waals surface area contributed by atoms with Gasteiger partial charge in [0.25, 0.3) is 0 Å². The van der Waals surface area contributed by atoms with Gasteiger partial charge in [-0.2, -0.15) is 0 Å². The third kappa shape index (κ3) is 57.1. The van der Waals surface area contributed by atoms with Crippen molar-refractivity contribution < 1.29 is 28.6 Å². The molecule has 0 aromatic carbocycles. The van der Waals surface area contributed by atoms with Crippen molar-refractivity contribution in [2.24, 2.45) is 0 Å². The Morgan fingerprint density at radius 1 is 0.282 bits per heavy atom. The van der Waals surface area contributed by atoms with Crippen LogP contribution in [0, 0.1) is 0 Å². The van der Waals surface area contributed by atoms with Crippen LogP contribution < -0.4 is 0 Å². The first kappa shape index (κ1) is 67.3. The molecule has 0 spiro atoms. The molecule has 71 heavy (non-hydrogen) atoms. The monoisotopic (exact) mass is 987 g/mol. The normalized spacial score (nSPS) is 12.8. The van der Waals surface area contributed by atoms with Gasteiger partial charge in [-0.05, 0) is 96.3 Å². The molecule has 406 valence electrons. The SMILES string of the molecule is CCCCC/C=C/C/C=C/C/C=C/C/C=C/CCCC(=O)OC[C@H](COC(=O)CCCCCCCCCCCCCCCCCCCCC)OC(=O)CCC/C=C/C/C=C/C/C=C/C/C=C/CCCCC. The molecule has 0 heterocycles. The number of unbranched alkanes of at least 4 members (excludes halogenated alkanes) is 26. The second-order valence-corrected chi connectivity index (χ2v) is 19.6. The average molecular weight is 988 g/mol. The van der Waals surface area contributed by atoms with Gasteiger partial charge in [0.2, 0.25) is 0 Å². The molecule has 0 rings (SSSR count). The van der Waals surface area contributed by atoms with E-state index in [0.717, 1.165) is 70.6 Å². The smallest absolute Gasteiger partial charge is 0.306 e. The Bertz CT molecular complexity index is 1410. The lowest BCUT2D eigenvalue weighted by Crippen LogP contribution is -2.30. The maximum atomic E-state index is 12.8. The minimum atomic E-state index is -0.828. The molecular weight excluding hydrogens is 877 g/mol. The van der Waals surface area contributed by atoms with Crippen LogP contribution >= 0.6 is 0 Å². The van der Waals surface area contributed by atoms with Crippen LogP contribution in [0.25, 0.3) is 0 Å². The van der Waals surface area contributed by atoms with E-state index >= 15 is 0 Å². The van der Waals surface area contributed by atoms with E-state index in [-0.39, 0.29) is 44.0 Å². The standard InChI is InChI=1S/C65H110O6/c1-4-7-10-13-16-19-22-25-28-31-32-35-37-40-43-46-49-52-55-58-64(67)70-61-62(71-65(68)59-56-53-50-47-44-41-38-34-30-27-24-21-18-15-12-9-6-3)60-69-63(66)57-54-51-48-45-42-39-36-33-29-26-23-20-17-14-11-8-5-2/h17-18,20-21,26-27,29-30,36,38-39,41,45,47-48,50,62H,4-16,19,22-25,28,31-35,37,40,42-44,46,49,51-61H2,1-3H3/b20-17+,21-18+,29-26+,30-27+,39-36+,41-38+,48-45+,50-47+/t62-/m1/s1. The highest BCUT2D eigenvalue weighted by Crippen LogP contribution is 2.16. The van der Waals surface area contributed by atoms with Crippen LogP contribution in [-0.4, -0.2) is 37.2 Å². The van der Waals surface area contributed by atoms with Crippen LogP contribution in [0.5, 0.6) is 0 Å². The maximum Gasteiger partial charge on any atom is 0.306 e. The van der Waals surface area contributed by atoms with Gasteiger partial charge in [-0.25, -0.2) is 0 Å². The van der Waals surface area contributed by atoms with Crippen molar-refractivity contribution in [1.82, 2.24) is 0 Å². The zero-order valence-corrected chi connectivity index (χ0v) is 46.5. The summed E-state index contributed by atoms with van der Waals surface area (Å²) in [5.41, 5.74) is 0. The summed E-state index contributed by atoms with van der Waals surface area (Å²) in [5.74, 6) is -1.02. The molecule has 0 unspecified atom stereocenters. The fourth-order valence-corrected chi connectivity index (χ4v) is 8.08. The molecule has 0 aliphatic heterocycles.